The van der Waals surface area contributed by atoms with E-state index in [1.807, 2.05) is 13.8 Å². The van der Waals surface area contributed by atoms with Crippen LogP contribution in [0.1, 0.15) is 30.6 Å². The zero-order chi connectivity index (χ0) is 12.1. The second-order valence-electron chi connectivity index (χ2n) is 3.88. The molecule has 0 unspecified atom stereocenters. The van der Waals surface area contributed by atoms with E-state index in [1.54, 1.807) is 0 Å². The van der Waals surface area contributed by atoms with Crippen molar-refractivity contribution in [2.75, 3.05) is 6.54 Å². The van der Waals surface area contributed by atoms with Gasteiger partial charge in [0.25, 0.3) is 0 Å². The number of hydrogen-bond donors (Lipinski definition) is 1. The Labute approximate surface area is 93.7 Å². The summed E-state index contributed by atoms with van der Waals surface area (Å²) in [5.74, 6) is -2.43. The van der Waals surface area contributed by atoms with Crippen molar-refractivity contribution in [1.82, 2.24) is 5.32 Å². The molecule has 16 heavy (non-hydrogen) atoms. The van der Waals surface area contributed by atoms with Crippen molar-refractivity contribution in [3.05, 3.63) is 35.4 Å². The lowest BCUT2D eigenvalue weighted by molar-refractivity contribution is 0.0977. The first kappa shape index (κ1) is 12.8. The summed E-state index contributed by atoms with van der Waals surface area (Å²) in [5, 5.41) is 3.04. The number of nitrogens with one attached hydrogen (secondary N) is 1. The van der Waals surface area contributed by atoms with Gasteiger partial charge in [0.2, 0.25) is 0 Å². The highest BCUT2D eigenvalue weighted by Crippen LogP contribution is 2.12. The number of hydrogen-bond acceptors (Lipinski definition) is 2. The summed E-state index contributed by atoms with van der Waals surface area (Å²) in [5.41, 5.74) is -0.175. The van der Waals surface area contributed by atoms with Gasteiger partial charge in [-0.3, -0.25) is 4.79 Å². The fourth-order valence-corrected chi connectivity index (χ4v) is 1.33. The molecule has 0 saturated carbocycles. The van der Waals surface area contributed by atoms with Crippen LogP contribution in [0.15, 0.2) is 18.2 Å². The van der Waals surface area contributed by atoms with E-state index in [4.69, 9.17) is 0 Å². The molecule has 0 aromatic heterocycles. The van der Waals surface area contributed by atoms with E-state index in [0.29, 0.717) is 6.54 Å². The minimum Gasteiger partial charge on any atom is -0.314 e. The number of ketones is 1. The summed E-state index contributed by atoms with van der Waals surface area (Å²) >= 11 is 0. The molecule has 1 aromatic rings. The highest BCUT2D eigenvalue weighted by atomic mass is 19.2. The number of benzene rings is 1. The van der Waals surface area contributed by atoms with Crippen LogP contribution in [-0.2, 0) is 0 Å². The topological polar surface area (TPSA) is 29.1 Å². The Morgan fingerprint density at radius 1 is 1.38 bits per heavy atom. The summed E-state index contributed by atoms with van der Waals surface area (Å²) in [6, 6.07) is 3.90. The first-order chi connectivity index (χ1) is 7.52. The van der Waals surface area contributed by atoms with Gasteiger partial charge in [0.15, 0.2) is 17.4 Å². The summed E-state index contributed by atoms with van der Waals surface area (Å²) in [6.45, 7) is 4.37. The lowest BCUT2D eigenvalue weighted by Gasteiger charge is -2.07. The summed E-state index contributed by atoms with van der Waals surface area (Å²) < 4.78 is 26.1. The molecule has 0 spiro atoms. The van der Waals surface area contributed by atoms with Crippen molar-refractivity contribution in [1.29, 1.82) is 0 Å². The van der Waals surface area contributed by atoms with E-state index in [9.17, 15) is 13.6 Å². The number of carbonyl (C=O) groups is 1. The van der Waals surface area contributed by atoms with E-state index >= 15 is 0 Å². The molecule has 0 radical (unpaired) electrons. The van der Waals surface area contributed by atoms with Crippen LogP contribution in [-0.4, -0.2) is 18.4 Å². The zero-order valence-corrected chi connectivity index (χ0v) is 9.39. The Balaban J connectivity index is 2.63. The van der Waals surface area contributed by atoms with Crippen LogP contribution >= 0.6 is 0 Å². The van der Waals surface area contributed by atoms with Crippen LogP contribution in [0.4, 0.5) is 8.78 Å². The standard InChI is InChI=1S/C12H15F2NO/c1-8(2)15-7-6-11(16)9-4-3-5-10(13)12(9)14/h3-5,8,15H,6-7H2,1-2H3. The van der Waals surface area contributed by atoms with Gasteiger partial charge in [0, 0.05) is 19.0 Å². The molecule has 0 amide bonds. The second-order valence-corrected chi connectivity index (χ2v) is 3.88. The van der Waals surface area contributed by atoms with Crippen LogP contribution < -0.4 is 5.32 Å². The molecule has 2 nitrogen and oxygen atoms in total. The Morgan fingerprint density at radius 2 is 2.06 bits per heavy atom. The third-order valence-electron chi connectivity index (χ3n) is 2.16. The number of Topliss-reactive ketones (excluding diaryl/α,β-unsaturated/α-hetero) is 1. The maximum atomic E-state index is 13.2. The third kappa shape index (κ3) is 3.38. The van der Waals surface area contributed by atoms with Crippen molar-refractivity contribution in [3.8, 4) is 0 Å². The van der Waals surface area contributed by atoms with E-state index in [1.165, 1.54) is 12.1 Å². The van der Waals surface area contributed by atoms with Crippen molar-refractivity contribution in [2.24, 2.45) is 0 Å². The average Bonchev–Trinajstić information content (AvgIpc) is 2.21. The molecule has 4 heteroatoms. The van der Waals surface area contributed by atoms with Crippen LogP contribution in [0.2, 0.25) is 0 Å². The van der Waals surface area contributed by atoms with E-state index in [2.05, 4.69) is 5.32 Å². The van der Waals surface area contributed by atoms with E-state index in [-0.39, 0.29) is 23.8 Å². The molecular weight excluding hydrogens is 212 g/mol. The summed E-state index contributed by atoms with van der Waals surface area (Å²) in [7, 11) is 0. The minimum atomic E-state index is -1.06. The van der Waals surface area contributed by atoms with E-state index in [0.717, 1.165) is 6.07 Å². The van der Waals surface area contributed by atoms with Gasteiger partial charge in [-0.1, -0.05) is 19.9 Å². The van der Waals surface area contributed by atoms with Gasteiger partial charge in [-0.25, -0.2) is 8.78 Å². The maximum absolute atomic E-state index is 13.2. The molecule has 0 fully saturated rings. The van der Waals surface area contributed by atoms with Gasteiger partial charge in [-0.05, 0) is 12.1 Å². The van der Waals surface area contributed by atoms with Gasteiger partial charge in [0.1, 0.15) is 0 Å². The fraction of sp³-hybridized carbons (Fsp3) is 0.417. The van der Waals surface area contributed by atoms with Gasteiger partial charge in [-0.15, -0.1) is 0 Å². The largest absolute Gasteiger partial charge is 0.314 e. The van der Waals surface area contributed by atoms with Crippen molar-refractivity contribution in [3.63, 3.8) is 0 Å². The monoisotopic (exact) mass is 227 g/mol. The lowest BCUT2D eigenvalue weighted by atomic mass is 10.1. The number of halogens is 2. The first-order valence-electron chi connectivity index (χ1n) is 5.23. The quantitative estimate of drug-likeness (QED) is 0.783. The molecular formula is C12H15F2NO. The van der Waals surface area contributed by atoms with Gasteiger partial charge in [0.05, 0.1) is 5.56 Å². The Bertz CT molecular complexity index is 377. The molecule has 0 bridgehead atoms. The molecule has 0 aliphatic carbocycles. The third-order valence-corrected chi connectivity index (χ3v) is 2.16. The molecule has 1 aromatic carbocycles. The van der Waals surface area contributed by atoms with Crippen molar-refractivity contribution >= 4 is 5.78 Å². The fourth-order valence-electron chi connectivity index (χ4n) is 1.33. The molecule has 0 heterocycles. The molecule has 0 saturated heterocycles. The smallest absolute Gasteiger partial charge is 0.169 e. The second kappa shape index (κ2) is 5.70. The normalized spacial score (nSPS) is 10.8. The SMILES string of the molecule is CC(C)NCCC(=O)c1cccc(F)c1F. The molecule has 0 atom stereocenters. The van der Waals surface area contributed by atoms with Crippen LogP contribution in [0.25, 0.3) is 0 Å². The van der Waals surface area contributed by atoms with Crippen molar-refractivity contribution < 1.29 is 13.6 Å². The zero-order valence-electron chi connectivity index (χ0n) is 9.39. The van der Waals surface area contributed by atoms with Gasteiger partial charge < -0.3 is 5.32 Å². The average molecular weight is 227 g/mol. The predicted octanol–water partition coefficient (Wildman–Crippen LogP) is 2.54. The predicted molar refractivity (Wildman–Crippen MR) is 58.4 cm³/mol. The Hall–Kier alpha value is -1.29. The molecule has 0 aliphatic rings. The summed E-state index contributed by atoms with van der Waals surface area (Å²) in [6.07, 6.45) is 0.165. The van der Waals surface area contributed by atoms with E-state index < -0.39 is 11.6 Å². The van der Waals surface area contributed by atoms with Gasteiger partial charge in [-0.2, -0.15) is 0 Å². The van der Waals surface area contributed by atoms with Crippen LogP contribution in [0.5, 0.6) is 0 Å². The number of carbonyl (C=O) groups excluding carboxylic acids is 1. The Kier molecular flexibility index (Phi) is 4.55. The molecule has 0 aliphatic heterocycles. The number of rotatable bonds is 5. The molecule has 1 N–H and O–H groups in total. The van der Waals surface area contributed by atoms with Gasteiger partial charge >= 0.3 is 0 Å². The van der Waals surface area contributed by atoms with Crippen molar-refractivity contribution in [2.45, 2.75) is 26.3 Å². The lowest BCUT2D eigenvalue weighted by Crippen LogP contribution is -2.25. The molecule has 88 valence electrons. The highest BCUT2D eigenvalue weighted by molar-refractivity contribution is 5.96. The summed E-state index contributed by atoms with van der Waals surface area (Å²) in [4.78, 5) is 11.6. The minimum absolute atomic E-state index is 0.165. The first-order valence-corrected chi connectivity index (χ1v) is 5.23. The highest BCUT2D eigenvalue weighted by Gasteiger charge is 2.14. The maximum Gasteiger partial charge on any atom is 0.169 e. The molecule has 1 rings (SSSR count). The Morgan fingerprint density at radius 3 is 2.69 bits per heavy atom. The van der Waals surface area contributed by atoms with Crippen LogP contribution in [0.3, 0.4) is 0 Å². The van der Waals surface area contributed by atoms with Crippen LogP contribution in [0, 0.1) is 11.6 Å².